The van der Waals surface area contributed by atoms with Crippen LogP contribution in [0.25, 0.3) is 5.69 Å². The molecule has 1 aromatic heterocycles. The van der Waals surface area contributed by atoms with Gasteiger partial charge >= 0.3 is 0 Å². The molecule has 1 heterocycles. The number of carbonyl (C=O) groups is 2. The fourth-order valence-corrected chi connectivity index (χ4v) is 3.27. The van der Waals surface area contributed by atoms with Gasteiger partial charge in [0.2, 0.25) is 5.91 Å². The maximum absolute atomic E-state index is 12.7. The van der Waals surface area contributed by atoms with E-state index in [1.807, 2.05) is 18.2 Å². The van der Waals surface area contributed by atoms with Crippen molar-refractivity contribution >= 4 is 29.3 Å². The van der Waals surface area contributed by atoms with Crippen molar-refractivity contribution in [1.29, 1.82) is 0 Å². The van der Waals surface area contributed by atoms with Gasteiger partial charge in [-0.2, -0.15) is 0 Å². The molecule has 2 aromatic rings. The second-order valence-corrected chi connectivity index (χ2v) is 7.35. The zero-order valence-electron chi connectivity index (χ0n) is 14.5. The summed E-state index contributed by atoms with van der Waals surface area (Å²) >= 11 is 0.964. The molecule has 134 valence electrons. The van der Waals surface area contributed by atoms with Gasteiger partial charge in [-0.25, -0.2) is 4.68 Å². The van der Waals surface area contributed by atoms with E-state index in [0.717, 1.165) is 11.8 Å². The summed E-state index contributed by atoms with van der Waals surface area (Å²) in [7, 11) is 1.73. The SMILES string of the molecule is Cc1c(NC(=O)[C@H](C)S[C@@H](C)C(=O)[O-])c(=O)n(-c2ccccc2)n1C. The fraction of sp³-hybridized carbons (Fsp3) is 0.353. The number of nitrogens with one attached hydrogen (secondary N) is 1. The number of para-hydroxylation sites is 1. The molecule has 0 fully saturated rings. The largest absolute Gasteiger partial charge is 0.549 e. The molecular formula is C17H20N3O4S-. The third-order valence-electron chi connectivity index (χ3n) is 3.91. The Balaban J connectivity index is 2.28. The number of nitrogens with zero attached hydrogens (tertiary/aromatic N) is 2. The summed E-state index contributed by atoms with van der Waals surface area (Å²) in [5.41, 5.74) is 1.13. The normalized spacial score (nSPS) is 13.3. The van der Waals surface area contributed by atoms with Crippen LogP contribution in [0.1, 0.15) is 19.5 Å². The van der Waals surface area contributed by atoms with E-state index < -0.39 is 22.4 Å². The lowest BCUT2D eigenvalue weighted by molar-refractivity contribution is -0.304. The molecule has 8 heteroatoms. The number of benzene rings is 1. The topological polar surface area (TPSA) is 96.2 Å². The zero-order chi connectivity index (χ0) is 18.7. The molecule has 0 unspecified atom stereocenters. The molecule has 0 aliphatic carbocycles. The highest BCUT2D eigenvalue weighted by atomic mass is 32.2. The van der Waals surface area contributed by atoms with Gasteiger partial charge in [-0.1, -0.05) is 18.2 Å². The third kappa shape index (κ3) is 3.96. The standard InChI is InChI=1S/C17H21N3O4S/c1-10-14(18-15(21)11(2)25-12(3)17(23)24)16(22)20(19(10)4)13-8-6-5-7-9-13/h5-9,11-12H,1-4H3,(H,18,21)(H,23,24)/p-1/t11-,12-/m0/s1. The summed E-state index contributed by atoms with van der Waals surface area (Å²) < 4.78 is 3.13. The van der Waals surface area contributed by atoms with Gasteiger partial charge in [0.05, 0.1) is 22.6 Å². The van der Waals surface area contributed by atoms with Gasteiger partial charge in [0.15, 0.2) is 0 Å². The Labute approximate surface area is 149 Å². The van der Waals surface area contributed by atoms with E-state index in [4.69, 9.17) is 0 Å². The van der Waals surface area contributed by atoms with Gasteiger partial charge in [-0.3, -0.25) is 14.3 Å². The molecule has 2 atom stereocenters. The van der Waals surface area contributed by atoms with Crippen LogP contribution in [0, 0.1) is 6.92 Å². The van der Waals surface area contributed by atoms with Crippen LogP contribution in [-0.4, -0.2) is 31.7 Å². The number of rotatable bonds is 6. The molecule has 1 aromatic carbocycles. The Hall–Kier alpha value is -2.48. The molecule has 25 heavy (non-hydrogen) atoms. The summed E-state index contributed by atoms with van der Waals surface area (Å²) in [6, 6.07) is 9.09. The van der Waals surface area contributed by atoms with Crippen LogP contribution in [0.15, 0.2) is 35.1 Å². The summed E-state index contributed by atoms with van der Waals surface area (Å²) in [6.45, 7) is 4.78. The number of anilines is 1. The summed E-state index contributed by atoms with van der Waals surface area (Å²) in [5, 5.41) is 12.0. The first kappa shape index (κ1) is 18.9. The number of hydrogen-bond acceptors (Lipinski definition) is 5. The number of amides is 1. The molecule has 0 saturated heterocycles. The second-order valence-electron chi connectivity index (χ2n) is 5.67. The first-order valence-corrected chi connectivity index (χ1v) is 8.69. The highest BCUT2D eigenvalue weighted by Gasteiger charge is 2.22. The molecule has 1 N–H and O–H groups in total. The highest BCUT2D eigenvalue weighted by Crippen LogP contribution is 2.20. The number of carbonyl (C=O) groups excluding carboxylic acids is 2. The summed E-state index contributed by atoms with van der Waals surface area (Å²) in [4.78, 5) is 35.9. The molecular weight excluding hydrogens is 342 g/mol. The van der Waals surface area contributed by atoms with E-state index in [2.05, 4.69) is 5.32 Å². The van der Waals surface area contributed by atoms with Crippen molar-refractivity contribution in [3.8, 4) is 5.69 Å². The summed E-state index contributed by atoms with van der Waals surface area (Å²) in [5.74, 6) is -1.66. The Morgan fingerprint density at radius 3 is 2.32 bits per heavy atom. The van der Waals surface area contributed by atoms with E-state index in [9.17, 15) is 19.5 Å². The molecule has 0 radical (unpaired) electrons. The van der Waals surface area contributed by atoms with E-state index in [1.54, 1.807) is 37.7 Å². The van der Waals surface area contributed by atoms with E-state index in [-0.39, 0.29) is 11.2 Å². The lowest BCUT2D eigenvalue weighted by Gasteiger charge is -2.17. The van der Waals surface area contributed by atoms with Crippen molar-refractivity contribution in [1.82, 2.24) is 9.36 Å². The highest BCUT2D eigenvalue weighted by molar-refractivity contribution is 8.01. The molecule has 0 saturated carbocycles. The minimum absolute atomic E-state index is 0.185. The van der Waals surface area contributed by atoms with Gasteiger partial charge in [0.25, 0.3) is 5.56 Å². The predicted octanol–water partition coefficient (Wildman–Crippen LogP) is 0.683. The Morgan fingerprint density at radius 1 is 1.16 bits per heavy atom. The van der Waals surface area contributed by atoms with Crippen molar-refractivity contribution in [2.45, 2.75) is 31.3 Å². The van der Waals surface area contributed by atoms with E-state index >= 15 is 0 Å². The first-order valence-electron chi connectivity index (χ1n) is 7.75. The van der Waals surface area contributed by atoms with Crippen LogP contribution in [0.4, 0.5) is 5.69 Å². The van der Waals surface area contributed by atoms with Crippen LogP contribution in [0.3, 0.4) is 0 Å². The van der Waals surface area contributed by atoms with Crippen molar-refractivity contribution < 1.29 is 14.7 Å². The van der Waals surface area contributed by atoms with Crippen molar-refractivity contribution in [2.75, 3.05) is 5.32 Å². The van der Waals surface area contributed by atoms with Crippen LogP contribution >= 0.6 is 11.8 Å². The number of thioether (sulfide) groups is 1. The molecule has 1 amide bonds. The summed E-state index contributed by atoms with van der Waals surface area (Å²) in [6.07, 6.45) is 0. The number of aliphatic carboxylic acids is 1. The average Bonchev–Trinajstić information content (AvgIpc) is 2.78. The molecule has 0 aliphatic rings. The maximum atomic E-state index is 12.7. The quantitative estimate of drug-likeness (QED) is 0.815. The molecule has 2 rings (SSSR count). The minimum Gasteiger partial charge on any atom is -0.549 e. The Morgan fingerprint density at radius 2 is 1.76 bits per heavy atom. The van der Waals surface area contributed by atoms with E-state index in [1.165, 1.54) is 11.6 Å². The fourth-order valence-electron chi connectivity index (χ4n) is 2.36. The van der Waals surface area contributed by atoms with Crippen LogP contribution in [-0.2, 0) is 16.6 Å². The third-order valence-corrected chi connectivity index (χ3v) is 5.13. The predicted molar refractivity (Wildman–Crippen MR) is 95.9 cm³/mol. The molecule has 7 nitrogen and oxygen atoms in total. The van der Waals surface area contributed by atoms with E-state index in [0.29, 0.717) is 11.4 Å². The lowest BCUT2D eigenvalue weighted by Crippen LogP contribution is -2.35. The number of hydrogen-bond donors (Lipinski definition) is 1. The van der Waals surface area contributed by atoms with Gasteiger partial charge in [0, 0.05) is 12.3 Å². The average molecular weight is 362 g/mol. The van der Waals surface area contributed by atoms with Crippen LogP contribution in [0.2, 0.25) is 0 Å². The number of carboxylic acid groups (broad SMARTS) is 1. The molecule has 0 spiro atoms. The zero-order valence-corrected chi connectivity index (χ0v) is 15.3. The Bertz CT molecular complexity index is 842. The maximum Gasteiger partial charge on any atom is 0.295 e. The smallest absolute Gasteiger partial charge is 0.295 e. The number of aromatic nitrogens is 2. The molecule has 0 bridgehead atoms. The van der Waals surface area contributed by atoms with Gasteiger partial charge in [0.1, 0.15) is 5.69 Å². The van der Waals surface area contributed by atoms with Gasteiger partial charge in [-0.05, 0) is 32.9 Å². The first-order chi connectivity index (χ1) is 11.7. The Kier molecular flexibility index (Phi) is 5.73. The second kappa shape index (κ2) is 7.60. The number of carboxylic acids is 1. The van der Waals surface area contributed by atoms with Crippen molar-refractivity contribution in [2.24, 2.45) is 7.05 Å². The van der Waals surface area contributed by atoms with Crippen molar-refractivity contribution in [3.05, 3.63) is 46.4 Å². The van der Waals surface area contributed by atoms with Gasteiger partial charge < -0.3 is 15.2 Å². The van der Waals surface area contributed by atoms with Crippen LogP contribution < -0.4 is 16.0 Å². The van der Waals surface area contributed by atoms with Gasteiger partial charge in [-0.15, -0.1) is 11.8 Å². The lowest BCUT2D eigenvalue weighted by atomic mass is 10.3. The van der Waals surface area contributed by atoms with Crippen molar-refractivity contribution in [3.63, 3.8) is 0 Å². The van der Waals surface area contributed by atoms with Crippen LogP contribution in [0.5, 0.6) is 0 Å². The monoisotopic (exact) mass is 362 g/mol. The minimum atomic E-state index is -1.23. The molecule has 0 aliphatic heterocycles.